The van der Waals surface area contributed by atoms with Crippen LogP contribution in [0.4, 0.5) is 5.69 Å². The van der Waals surface area contributed by atoms with E-state index in [0.29, 0.717) is 5.69 Å². The fraction of sp³-hybridized carbons (Fsp3) is 0.500. The van der Waals surface area contributed by atoms with Gasteiger partial charge in [0, 0.05) is 17.1 Å². The maximum Gasteiger partial charge on any atom is 0.240 e. The van der Waals surface area contributed by atoms with Crippen LogP contribution in [-0.4, -0.2) is 20.4 Å². The van der Waals surface area contributed by atoms with Gasteiger partial charge in [0.25, 0.3) is 0 Å². The van der Waals surface area contributed by atoms with Gasteiger partial charge in [0.1, 0.15) is 0 Å². The molecule has 110 valence electrons. The maximum absolute atomic E-state index is 12.1. The lowest BCUT2D eigenvalue weighted by atomic mass is 9.95. The van der Waals surface area contributed by atoms with E-state index in [1.165, 1.54) is 12.1 Å². The van der Waals surface area contributed by atoms with Gasteiger partial charge in [-0.05, 0) is 31.0 Å². The van der Waals surface area contributed by atoms with Gasteiger partial charge in [-0.2, -0.15) is 0 Å². The summed E-state index contributed by atoms with van der Waals surface area (Å²) >= 11 is 0. The van der Waals surface area contributed by atoms with Crippen molar-refractivity contribution in [3.05, 3.63) is 24.3 Å². The van der Waals surface area contributed by atoms with E-state index in [-0.39, 0.29) is 16.8 Å². The molecule has 1 aromatic carbocycles. The van der Waals surface area contributed by atoms with E-state index in [4.69, 9.17) is 0 Å². The van der Waals surface area contributed by atoms with Crippen molar-refractivity contribution in [1.29, 1.82) is 0 Å². The van der Waals surface area contributed by atoms with E-state index in [1.807, 2.05) is 0 Å². The zero-order valence-corrected chi connectivity index (χ0v) is 12.8. The third kappa shape index (κ3) is 3.80. The molecular formula is C14H20N2O3S. The molecule has 0 heterocycles. The van der Waals surface area contributed by atoms with E-state index >= 15 is 0 Å². The van der Waals surface area contributed by atoms with Crippen LogP contribution in [0.3, 0.4) is 0 Å². The topological polar surface area (TPSA) is 75.3 Å². The van der Waals surface area contributed by atoms with E-state index in [0.717, 1.165) is 12.8 Å². The number of benzene rings is 1. The smallest absolute Gasteiger partial charge is 0.240 e. The Bertz CT molecular complexity index is 614. The van der Waals surface area contributed by atoms with Gasteiger partial charge in [0.2, 0.25) is 15.9 Å². The molecule has 2 N–H and O–H groups in total. The first-order valence-electron chi connectivity index (χ1n) is 6.62. The summed E-state index contributed by atoms with van der Waals surface area (Å²) in [5.41, 5.74) is -0.0372. The number of nitrogens with one attached hydrogen (secondary N) is 2. The SMILES string of the molecule is CC(C)(C)C(=O)Nc1cccc(S(=O)(=O)NC2CC2)c1. The second-order valence-corrected chi connectivity index (χ2v) is 7.84. The lowest BCUT2D eigenvalue weighted by molar-refractivity contribution is -0.123. The Hall–Kier alpha value is -1.40. The van der Waals surface area contributed by atoms with Gasteiger partial charge in [0.15, 0.2) is 0 Å². The largest absolute Gasteiger partial charge is 0.326 e. The van der Waals surface area contributed by atoms with E-state index in [1.54, 1.807) is 32.9 Å². The molecule has 5 nitrogen and oxygen atoms in total. The molecule has 0 spiro atoms. The minimum atomic E-state index is -3.49. The second-order valence-electron chi connectivity index (χ2n) is 6.13. The van der Waals surface area contributed by atoms with Gasteiger partial charge in [0.05, 0.1) is 4.90 Å². The first-order valence-corrected chi connectivity index (χ1v) is 8.11. The molecule has 1 aliphatic carbocycles. The zero-order chi connectivity index (χ0) is 15.0. The van der Waals surface area contributed by atoms with Crippen molar-refractivity contribution < 1.29 is 13.2 Å². The molecule has 0 aromatic heterocycles. The van der Waals surface area contributed by atoms with E-state index in [9.17, 15) is 13.2 Å². The molecule has 0 atom stereocenters. The van der Waals surface area contributed by atoms with Crippen molar-refractivity contribution in [2.75, 3.05) is 5.32 Å². The number of amides is 1. The number of hydrogen-bond acceptors (Lipinski definition) is 3. The summed E-state index contributed by atoms with van der Waals surface area (Å²) in [6.45, 7) is 5.41. The van der Waals surface area contributed by atoms with Crippen LogP contribution in [0.15, 0.2) is 29.2 Å². The molecule has 0 unspecified atom stereocenters. The first kappa shape index (κ1) is 15.0. The Balaban J connectivity index is 2.17. The molecule has 0 bridgehead atoms. The molecule has 1 amide bonds. The van der Waals surface area contributed by atoms with Crippen LogP contribution in [0.25, 0.3) is 0 Å². The van der Waals surface area contributed by atoms with Crippen LogP contribution in [0.2, 0.25) is 0 Å². The van der Waals surface area contributed by atoms with Gasteiger partial charge in [-0.15, -0.1) is 0 Å². The van der Waals surface area contributed by atoms with Gasteiger partial charge in [-0.3, -0.25) is 4.79 Å². The normalized spacial score (nSPS) is 15.9. The van der Waals surface area contributed by atoms with Gasteiger partial charge < -0.3 is 5.32 Å². The van der Waals surface area contributed by atoms with E-state index < -0.39 is 15.4 Å². The summed E-state index contributed by atoms with van der Waals surface area (Å²) in [4.78, 5) is 12.1. The average Bonchev–Trinajstić information content (AvgIpc) is 3.11. The minimum absolute atomic E-state index is 0.0628. The number of rotatable bonds is 4. The minimum Gasteiger partial charge on any atom is -0.326 e. The van der Waals surface area contributed by atoms with Crippen molar-refractivity contribution in [2.45, 2.75) is 44.6 Å². The highest BCUT2D eigenvalue weighted by molar-refractivity contribution is 7.89. The quantitative estimate of drug-likeness (QED) is 0.893. The highest BCUT2D eigenvalue weighted by Gasteiger charge is 2.28. The van der Waals surface area contributed by atoms with Gasteiger partial charge in [-0.25, -0.2) is 13.1 Å². The molecular weight excluding hydrogens is 276 g/mol. The summed E-state index contributed by atoms with van der Waals surface area (Å²) in [6, 6.07) is 6.37. The summed E-state index contributed by atoms with van der Waals surface area (Å²) in [7, 11) is -3.49. The van der Waals surface area contributed by atoms with E-state index in [2.05, 4.69) is 10.0 Å². The maximum atomic E-state index is 12.1. The lowest BCUT2D eigenvalue weighted by Gasteiger charge is -2.18. The second kappa shape index (κ2) is 5.18. The van der Waals surface area contributed by atoms with Crippen LogP contribution in [-0.2, 0) is 14.8 Å². The number of carbonyl (C=O) groups excluding carboxylic acids is 1. The van der Waals surface area contributed by atoms with Crippen molar-refractivity contribution in [3.63, 3.8) is 0 Å². The molecule has 0 saturated heterocycles. The predicted octanol–water partition coefficient (Wildman–Crippen LogP) is 2.11. The third-order valence-electron chi connectivity index (χ3n) is 2.98. The van der Waals surface area contributed by atoms with Crippen LogP contribution in [0, 0.1) is 5.41 Å². The van der Waals surface area contributed by atoms with Gasteiger partial charge in [-0.1, -0.05) is 26.8 Å². The van der Waals surface area contributed by atoms with Crippen molar-refractivity contribution in [2.24, 2.45) is 5.41 Å². The molecule has 0 aliphatic heterocycles. The van der Waals surface area contributed by atoms with Gasteiger partial charge >= 0.3 is 0 Å². The number of anilines is 1. The number of hydrogen-bond donors (Lipinski definition) is 2. The number of carbonyl (C=O) groups is 1. The number of sulfonamides is 1. The Morgan fingerprint density at radius 2 is 1.90 bits per heavy atom. The van der Waals surface area contributed by atoms with Crippen LogP contribution < -0.4 is 10.0 Å². The predicted molar refractivity (Wildman–Crippen MR) is 77.9 cm³/mol. The van der Waals surface area contributed by atoms with Crippen LogP contribution in [0.1, 0.15) is 33.6 Å². The molecule has 1 aromatic rings. The Kier molecular flexibility index (Phi) is 3.88. The Morgan fingerprint density at radius 1 is 1.25 bits per heavy atom. The molecule has 2 rings (SSSR count). The van der Waals surface area contributed by atoms with Crippen molar-refractivity contribution in [3.8, 4) is 0 Å². The highest BCUT2D eigenvalue weighted by atomic mass is 32.2. The average molecular weight is 296 g/mol. The molecule has 6 heteroatoms. The van der Waals surface area contributed by atoms with Crippen LogP contribution >= 0.6 is 0 Å². The Morgan fingerprint density at radius 3 is 2.45 bits per heavy atom. The first-order chi connectivity index (χ1) is 9.18. The standard InChI is InChI=1S/C14H20N2O3S/c1-14(2,3)13(17)15-11-5-4-6-12(9-11)20(18,19)16-10-7-8-10/h4-6,9-10,16H,7-8H2,1-3H3,(H,15,17). The fourth-order valence-corrected chi connectivity index (χ4v) is 2.90. The third-order valence-corrected chi connectivity index (χ3v) is 4.50. The molecule has 1 aliphatic rings. The van der Waals surface area contributed by atoms with Crippen LogP contribution in [0.5, 0.6) is 0 Å². The summed E-state index contributed by atoms with van der Waals surface area (Å²) in [6.07, 6.45) is 1.78. The fourth-order valence-electron chi connectivity index (χ4n) is 1.55. The Labute approximate surface area is 119 Å². The molecule has 0 radical (unpaired) electrons. The molecule has 1 saturated carbocycles. The van der Waals surface area contributed by atoms with Crippen molar-refractivity contribution >= 4 is 21.6 Å². The summed E-state index contributed by atoms with van der Waals surface area (Å²) in [5, 5.41) is 2.73. The lowest BCUT2D eigenvalue weighted by Crippen LogP contribution is -2.28. The summed E-state index contributed by atoms with van der Waals surface area (Å²) in [5.74, 6) is -0.151. The molecule has 1 fully saturated rings. The highest BCUT2D eigenvalue weighted by Crippen LogP contribution is 2.24. The molecule has 20 heavy (non-hydrogen) atoms. The summed E-state index contributed by atoms with van der Waals surface area (Å²) < 4.78 is 26.8. The monoisotopic (exact) mass is 296 g/mol. The zero-order valence-electron chi connectivity index (χ0n) is 11.9. The van der Waals surface area contributed by atoms with Crippen molar-refractivity contribution in [1.82, 2.24) is 4.72 Å².